The summed E-state index contributed by atoms with van der Waals surface area (Å²) in [7, 11) is 2.07. The molecule has 0 radical (unpaired) electrons. The van der Waals surface area contributed by atoms with Gasteiger partial charge in [-0.2, -0.15) is 0 Å². The molecule has 2 heteroatoms. The van der Waals surface area contributed by atoms with E-state index in [1.165, 1.54) is 0 Å². The highest BCUT2D eigenvalue weighted by Gasteiger charge is 2.39. The van der Waals surface area contributed by atoms with Gasteiger partial charge in [0, 0.05) is 24.9 Å². The molecule has 1 saturated heterocycles. The Morgan fingerprint density at radius 2 is 2.17 bits per heavy atom. The molecule has 12 heavy (non-hydrogen) atoms. The zero-order valence-corrected chi connectivity index (χ0v) is 8.04. The molecule has 1 aliphatic heterocycles. The normalized spacial score (nSPS) is 43.9. The van der Waals surface area contributed by atoms with Gasteiger partial charge in [-0.3, -0.25) is 0 Å². The maximum atomic E-state index is 9.97. The van der Waals surface area contributed by atoms with Crippen molar-refractivity contribution in [3.8, 4) is 12.3 Å². The van der Waals surface area contributed by atoms with Crippen molar-refractivity contribution in [1.82, 2.24) is 4.90 Å². The molecule has 3 atom stereocenters. The van der Waals surface area contributed by atoms with Crippen molar-refractivity contribution < 1.29 is 5.11 Å². The van der Waals surface area contributed by atoms with Crippen LogP contribution in [0.2, 0.25) is 0 Å². The summed E-state index contributed by atoms with van der Waals surface area (Å²) in [4.78, 5) is 2.23. The first-order chi connectivity index (χ1) is 5.49. The molecule has 0 amide bonds. The predicted octanol–water partition coefficient (Wildman–Crippen LogP) is 0.711. The highest BCUT2D eigenvalue weighted by molar-refractivity contribution is 5.13. The van der Waals surface area contributed by atoms with Gasteiger partial charge in [-0.1, -0.05) is 12.8 Å². The molecular weight excluding hydrogens is 150 g/mol. The summed E-state index contributed by atoms with van der Waals surface area (Å²) in [6, 6.07) is 0.377. The van der Waals surface area contributed by atoms with Crippen LogP contribution in [0.1, 0.15) is 20.3 Å². The second-order valence-corrected chi connectivity index (χ2v) is 3.96. The lowest BCUT2D eigenvalue weighted by atomic mass is 9.80. The third-order valence-corrected chi connectivity index (χ3v) is 2.99. The van der Waals surface area contributed by atoms with Crippen LogP contribution < -0.4 is 0 Å². The number of aliphatic hydroxyl groups is 1. The van der Waals surface area contributed by atoms with Crippen LogP contribution in [0, 0.1) is 18.3 Å². The van der Waals surface area contributed by atoms with Crippen LogP contribution in [0.25, 0.3) is 0 Å². The quantitative estimate of drug-likeness (QED) is 0.537. The van der Waals surface area contributed by atoms with Crippen LogP contribution in [-0.4, -0.2) is 35.2 Å². The number of terminal acetylenes is 1. The van der Waals surface area contributed by atoms with Crippen molar-refractivity contribution in [2.75, 3.05) is 13.6 Å². The van der Waals surface area contributed by atoms with Crippen molar-refractivity contribution in [3.63, 3.8) is 0 Å². The molecule has 0 aromatic rings. The molecule has 0 aromatic carbocycles. The van der Waals surface area contributed by atoms with E-state index in [0.717, 1.165) is 6.54 Å². The van der Waals surface area contributed by atoms with Gasteiger partial charge >= 0.3 is 0 Å². The van der Waals surface area contributed by atoms with Gasteiger partial charge in [0.15, 0.2) is 0 Å². The molecular formula is C10H17NO. The van der Waals surface area contributed by atoms with Gasteiger partial charge in [0.1, 0.15) is 5.60 Å². The smallest absolute Gasteiger partial charge is 0.130 e. The summed E-state index contributed by atoms with van der Waals surface area (Å²) < 4.78 is 0. The Hall–Kier alpha value is -0.520. The van der Waals surface area contributed by atoms with Crippen LogP contribution in [0.15, 0.2) is 0 Å². The lowest BCUT2D eigenvalue weighted by Crippen LogP contribution is -2.52. The monoisotopic (exact) mass is 167 g/mol. The third kappa shape index (κ3) is 1.48. The van der Waals surface area contributed by atoms with Gasteiger partial charge in [-0.05, 0) is 14.0 Å². The van der Waals surface area contributed by atoms with Gasteiger partial charge in [-0.15, -0.1) is 6.42 Å². The van der Waals surface area contributed by atoms with E-state index >= 15 is 0 Å². The molecule has 3 unspecified atom stereocenters. The minimum absolute atomic E-state index is 0.170. The first kappa shape index (κ1) is 9.57. The van der Waals surface area contributed by atoms with Crippen molar-refractivity contribution in [2.45, 2.75) is 31.9 Å². The Morgan fingerprint density at radius 1 is 1.58 bits per heavy atom. The number of hydrogen-bond donors (Lipinski definition) is 1. The molecule has 0 bridgehead atoms. The van der Waals surface area contributed by atoms with Crippen molar-refractivity contribution in [1.29, 1.82) is 0 Å². The maximum Gasteiger partial charge on any atom is 0.130 e. The summed E-state index contributed by atoms with van der Waals surface area (Å²) in [5.74, 6) is 2.68. The van der Waals surface area contributed by atoms with Crippen LogP contribution in [0.3, 0.4) is 0 Å². The van der Waals surface area contributed by atoms with E-state index in [1.807, 2.05) is 6.92 Å². The highest BCUT2D eigenvalue weighted by Crippen LogP contribution is 2.29. The summed E-state index contributed by atoms with van der Waals surface area (Å²) in [5, 5.41) is 9.97. The van der Waals surface area contributed by atoms with Crippen LogP contribution in [0.4, 0.5) is 0 Å². The molecule has 2 nitrogen and oxygen atoms in total. The standard InChI is InChI=1S/C10H17NO/c1-5-10(12)6-9(3)11(4)7-8(10)2/h1,8-9,12H,6-7H2,2-4H3. The molecule has 0 aliphatic carbocycles. The fourth-order valence-electron chi connectivity index (χ4n) is 1.77. The number of hydrogen-bond acceptors (Lipinski definition) is 2. The van der Waals surface area contributed by atoms with Crippen LogP contribution >= 0.6 is 0 Å². The number of nitrogens with zero attached hydrogens (tertiary/aromatic N) is 1. The zero-order chi connectivity index (χ0) is 9.35. The van der Waals surface area contributed by atoms with Crippen molar-refractivity contribution >= 4 is 0 Å². The molecule has 1 heterocycles. The molecule has 0 aromatic heterocycles. The SMILES string of the molecule is C#CC1(O)CC(C)N(C)CC1C. The van der Waals surface area contributed by atoms with Crippen LogP contribution in [-0.2, 0) is 0 Å². The Kier molecular flexibility index (Phi) is 2.46. The maximum absolute atomic E-state index is 9.97. The number of rotatable bonds is 0. The minimum Gasteiger partial charge on any atom is -0.377 e. The summed E-state index contributed by atoms with van der Waals surface area (Å²) in [6.07, 6.45) is 6.00. The first-order valence-electron chi connectivity index (χ1n) is 4.40. The predicted molar refractivity (Wildman–Crippen MR) is 49.7 cm³/mol. The average Bonchev–Trinajstić information content (AvgIpc) is 2.01. The van der Waals surface area contributed by atoms with Gasteiger partial charge < -0.3 is 10.0 Å². The second-order valence-electron chi connectivity index (χ2n) is 3.96. The second kappa shape index (κ2) is 3.08. The average molecular weight is 167 g/mol. The lowest BCUT2D eigenvalue weighted by molar-refractivity contribution is -0.0345. The largest absolute Gasteiger partial charge is 0.377 e. The lowest BCUT2D eigenvalue weighted by Gasteiger charge is -2.42. The van der Waals surface area contributed by atoms with E-state index < -0.39 is 5.60 Å². The third-order valence-electron chi connectivity index (χ3n) is 2.99. The molecule has 1 aliphatic rings. The zero-order valence-electron chi connectivity index (χ0n) is 8.04. The Bertz CT molecular complexity index is 208. The number of piperidine rings is 1. The van der Waals surface area contributed by atoms with E-state index in [2.05, 4.69) is 24.8 Å². The van der Waals surface area contributed by atoms with Gasteiger partial charge in [0.05, 0.1) is 0 Å². The van der Waals surface area contributed by atoms with Crippen molar-refractivity contribution in [3.05, 3.63) is 0 Å². The van der Waals surface area contributed by atoms with Gasteiger partial charge in [0.25, 0.3) is 0 Å². The minimum atomic E-state index is -0.883. The molecule has 1 fully saturated rings. The molecule has 68 valence electrons. The molecule has 0 spiro atoms. The number of likely N-dealkylation sites (tertiary alicyclic amines) is 1. The molecule has 0 saturated carbocycles. The first-order valence-corrected chi connectivity index (χ1v) is 4.40. The van der Waals surface area contributed by atoms with E-state index in [9.17, 15) is 5.11 Å². The summed E-state index contributed by atoms with van der Waals surface area (Å²) in [6.45, 7) is 4.97. The van der Waals surface area contributed by atoms with E-state index in [-0.39, 0.29) is 5.92 Å². The fraction of sp³-hybridized carbons (Fsp3) is 0.800. The van der Waals surface area contributed by atoms with E-state index in [4.69, 9.17) is 6.42 Å². The molecule has 1 rings (SSSR count). The topological polar surface area (TPSA) is 23.5 Å². The van der Waals surface area contributed by atoms with Gasteiger partial charge in [-0.25, -0.2) is 0 Å². The van der Waals surface area contributed by atoms with E-state index in [0.29, 0.717) is 12.5 Å². The molecule has 1 N–H and O–H groups in total. The highest BCUT2D eigenvalue weighted by atomic mass is 16.3. The summed E-state index contributed by atoms with van der Waals surface area (Å²) in [5.41, 5.74) is -0.883. The van der Waals surface area contributed by atoms with Crippen molar-refractivity contribution in [2.24, 2.45) is 5.92 Å². The van der Waals surface area contributed by atoms with Crippen LogP contribution in [0.5, 0.6) is 0 Å². The van der Waals surface area contributed by atoms with E-state index in [1.54, 1.807) is 0 Å². The Balaban J connectivity index is 2.76. The fourth-order valence-corrected chi connectivity index (χ4v) is 1.77. The Labute approximate surface area is 74.6 Å². The summed E-state index contributed by atoms with van der Waals surface area (Å²) >= 11 is 0. The van der Waals surface area contributed by atoms with Gasteiger partial charge in [0.2, 0.25) is 0 Å². The Morgan fingerprint density at radius 3 is 2.67 bits per heavy atom.